The van der Waals surface area contributed by atoms with Gasteiger partial charge in [-0.25, -0.2) is 14.8 Å². The first-order chi connectivity index (χ1) is 12.1. The van der Waals surface area contributed by atoms with Crippen LogP contribution in [0.15, 0.2) is 24.7 Å². The number of alkyl carbamates (subject to hydrolysis) is 1. The standard InChI is InChI=1S/C19H27N5O2/c1-6-19(23-17(25)26-18(3,4)5)8-7-13(19)10-24-9-12(2)14-15(20)21-11-22-16(14)24/h7-9,11,13H,6,10H2,1-5H3,(H,23,25)(H2,20,21,22)/t13?,19-/m0/s1. The summed E-state index contributed by atoms with van der Waals surface area (Å²) in [7, 11) is 0. The molecule has 3 N–H and O–H groups in total. The number of aryl methyl sites for hydroxylation is 1. The Bertz CT molecular complexity index is 865. The molecule has 0 bridgehead atoms. The van der Waals surface area contributed by atoms with Crippen molar-refractivity contribution in [3.63, 3.8) is 0 Å². The van der Waals surface area contributed by atoms with Gasteiger partial charge < -0.3 is 20.4 Å². The summed E-state index contributed by atoms with van der Waals surface area (Å²) in [6, 6.07) is 0. The number of amides is 1. The fourth-order valence-corrected chi connectivity index (χ4v) is 3.48. The molecule has 1 aliphatic rings. The van der Waals surface area contributed by atoms with Gasteiger partial charge in [-0.1, -0.05) is 19.1 Å². The Hall–Kier alpha value is -2.57. The summed E-state index contributed by atoms with van der Waals surface area (Å²) < 4.78 is 7.51. The number of nitrogen functional groups attached to an aromatic ring is 1. The quantitative estimate of drug-likeness (QED) is 0.820. The summed E-state index contributed by atoms with van der Waals surface area (Å²) in [4.78, 5) is 20.7. The van der Waals surface area contributed by atoms with Crippen LogP contribution in [0.2, 0.25) is 0 Å². The van der Waals surface area contributed by atoms with Gasteiger partial charge in [0.25, 0.3) is 0 Å². The highest BCUT2D eigenvalue weighted by molar-refractivity contribution is 5.89. The lowest BCUT2D eigenvalue weighted by atomic mass is 9.72. The van der Waals surface area contributed by atoms with Gasteiger partial charge in [0.15, 0.2) is 0 Å². The number of nitrogens with two attached hydrogens (primary N) is 1. The van der Waals surface area contributed by atoms with Crippen LogP contribution >= 0.6 is 0 Å². The van der Waals surface area contributed by atoms with E-state index >= 15 is 0 Å². The molecule has 7 heteroatoms. The van der Waals surface area contributed by atoms with Crippen LogP contribution in [0.1, 0.15) is 39.7 Å². The molecular weight excluding hydrogens is 330 g/mol. The number of nitrogens with zero attached hydrogens (tertiary/aromatic N) is 3. The molecule has 0 aliphatic heterocycles. The fraction of sp³-hybridized carbons (Fsp3) is 0.526. The average Bonchev–Trinajstić information content (AvgIpc) is 2.85. The number of fused-ring (bicyclic) bond motifs is 1. The largest absolute Gasteiger partial charge is 0.444 e. The number of aromatic nitrogens is 3. The molecule has 0 fully saturated rings. The van der Waals surface area contributed by atoms with Crippen molar-refractivity contribution in [2.45, 2.75) is 58.7 Å². The van der Waals surface area contributed by atoms with Crippen LogP contribution in [-0.4, -0.2) is 31.8 Å². The average molecular weight is 357 g/mol. The van der Waals surface area contributed by atoms with Crippen molar-refractivity contribution in [2.24, 2.45) is 5.92 Å². The van der Waals surface area contributed by atoms with Crippen LogP contribution in [-0.2, 0) is 11.3 Å². The van der Waals surface area contributed by atoms with E-state index in [1.807, 2.05) is 40.0 Å². The predicted octanol–water partition coefficient (Wildman–Crippen LogP) is 3.18. The number of carbonyl (C=O) groups is 1. The van der Waals surface area contributed by atoms with E-state index in [0.717, 1.165) is 23.0 Å². The highest BCUT2D eigenvalue weighted by Crippen LogP contribution is 2.36. The zero-order valence-corrected chi connectivity index (χ0v) is 16.0. The SMILES string of the molecule is CC[C@]1(NC(=O)OC(C)(C)C)C=CC1Cn1cc(C)c2c(N)ncnc21. The van der Waals surface area contributed by atoms with Crippen molar-refractivity contribution in [1.82, 2.24) is 19.9 Å². The molecule has 0 saturated carbocycles. The monoisotopic (exact) mass is 357 g/mol. The van der Waals surface area contributed by atoms with Gasteiger partial charge in [-0.05, 0) is 39.7 Å². The molecule has 2 aromatic rings. The highest BCUT2D eigenvalue weighted by atomic mass is 16.6. The Morgan fingerprint density at radius 3 is 2.73 bits per heavy atom. The maximum Gasteiger partial charge on any atom is 0.408 e. The molecule has 0 spiro atoms. The lowest BCUT2D eigenvalue weighted by Gasteiger charge is -2.44. The van der Waals surface area contributed by atoms with E-state index in [2.05, 4.69) is 32.9 Å². The van der Waals surface area contributed by atoms with Crippen molar-refractivity contribution in [2.75, 3.05) is 5.73 Å². The van der Waals surface area contributed by atoms with Gasteiger partial charge in [0.1, 0.15) is 23.4 Å². The zero-order chi connectivity index (χ0) is 19.1. The van der Waals surface area contributed by atoms with Crippen LogP contribution in [0.4, 0.5) is 10.6 Å². The summed E-state index contributed by atoms with van der Waals surface area (Å²) in [6.07, 6.45) is 8.07. The molecule has 140 valence electrons. The van der Waals surface area contributed by atoms with Gasteiger partial charge in [-0.2, -0.15) is 0 Å². The van der Waals surface area contributed by atoms with Gasteiger partial charge in [-0.3, -0.25) is 0 Å². The lowest BCUT2D eigenvalue weighted by molar-refractivity contribution is 0.0433. The minimum absolute atomic E-state index is 0.145. The number of carbonyl (C=O) groups excluding carboxylic acids is 1. The van der Waals surface area contributed by atoms with Crippen molar-refractivity contribution in [1.29, 1.82) is 0 Å². The molecule has 2 heterocycles. The first-order valence-electron chi connectivity index (χ1n) is 8.91. The van der Waals surface area contributed by atoms with Crippen LogP contribution < -0.4 is 11.1 Å². The first kappa shape index (κ1) is 18.2. The topological polar surface area (TPSA) is 95.1 Å². The van der Waals surface area contributed by atoms with Crippen molar-refractivity contribution in [3.05, 3.63) is 30.2 Å². The summed E-state index contributed by atoms with van der Waals surface area (Å²) >= 11 is 0. The van der Waals surface area contributed by atoms with Crippen LogP contribution in [0.5, 0.6) is 0 Å². The predicted molar refractivity (Wildman–Crippen MR) is 102 cm³/mol. The molecule has 3 rings (SSSR count). The molecular formula is C19H27N5O2. The van der Waals surface area contributed by atoms with Gasteiger partial charge in [0.2, 0.25) is 0 Å². The second kappa shape index (κ2) is 6.30. The number of nitrogens with one attached hydrogen (secondary N) is 1. The zero-order valence-electron chi connectivity index (χ0n) is 16.0. The number of hydrogen-bond donors (Lipinski definition) is 2. The molecule has 1 amide bonds. The van der Waals surface area contributed by atoms with Crippen LogP contribution in [0, 0.1) is 12.8 Å². The smallest absolute Gasteiger partial charge is 0.408 e. The molecule has 0 saturated heterocycles. The number of ether oxygens (including phenoxy) is 1. The van der Waals surface area contributed by atoms with Crippen LogP contribution in [0.25, 0.3) is 11.0 Å². The molecule has 0 aromatic carbocycles. The Morgan fingerprint density at radius 1 is 1.42 bits per heavy atom. The second-order valence-electron chi connectivity index (χ2n) is 7.91. The van der Waals surface area contributed by atoms with E-state index in [9.17, 15) is 4.79 Å². The highest BCUT2D eigenvalue weighted by Gasteiger charge is 2.42. The minimum atomic E-state index is -0.524. The normalized spacial score (nSPS) is 22.3. The van der Waals surface area contributed by atoms with E-state index in [1.54, 1.807) is 0 Å². The van der Waals surface area contributed by atoms with Crippen molar-refractivity contribution >= 4 is 22.9 Å². The van der Waals surface area contributed by atoms with Crippen LogP contribution in [0.3, 0.4) is 0 Å². The second-order valence-corrected chi connectivity index (χ2v) is 7.91. The van der Waals surface area contributed by atoms with Gasteiger partial charge in [0, 0.05) is 18.7 Å². The molecule has 2 aromatic heterocycles. The first-order valence-corrected chi connectivity index (χ1v) is 8.91. The molecule has 0 radical (unpaired) electrons. The third-order valence-electron chi connectivity index (χ3n) is 4.87. The molecule has 26 heavy (non-hydrogen) atoms. The van der Waals surface area contributed by atoms with E-state index in [0.29, 0.717) is 12.4 Å². The molecule has 1 aliphatic carbocycles. The lowest BCUT2D eigenvalue weighted by Crippen LogP contribution is -2.57. The van der Waals surface area contributed by atoms with Crippen molar-refractivity contribution in [3.8, 4) is 0 Å². The van der Waals surface area contributed by atoms with Gasteiger partial charge >= 0.3 is 6.09 Å². The Morgan fingerprint density at radius 2 is 2.15 bits per heavy atom. The molecule has 1 unspecified atom stereocenters. The Labute approximate surface area is 153 Å². The Kier molecular flexibility index (Phi) is 4.42. The van der Waals surface area contributed by atoms with Crippen molar-refractivity contribution < 1.29 is 9.53 Å². The van der Waals surface area contributed by atoms with Gasteiger partial charge in [-0.15, -0.1) is 0 Å². The fourth-order valence-electron chi connectivity index (χ4n) is 3.48. The maximum atomic E-state index is 12.3. The number of hydrogen-bond acceptors (Lipinski definition) is 5. The van der Waals surface area contributed by atoms with E-state index < -0.39 is 17.2 Å². The Balaban J connectivity index is 1.81. The third kappa shape index (κ3) is 3.25. The van der Waals surface area contributed by atoms with E-state index in [4.69, 9.17) is 10.5 Å². The molecule has 7 nitrogen and oxygen atoms in total. The summed E-state index contributed by atoms with van der Waals surface area (Å²) in [6.45, 7) is 10.3. The molecule has 2 atom stereocenters. The number of rotatable bonds is 4. The minimum Gasteiger partial charge on any atom is -0.444 e. The van der Waals surface area contributed by atoms with E-state index in [1.165, 1.54) is 6.33 Å². The third-order valence-corrected chi connectivity index (χ3v) is 4.87. The van der Waals surface area contributed by atoms with E-state index in [-0.39, 0.29) is 5.92 Å². The summed E-state index contributed by atoms with van der Waals surface area (Å²) in [5.41, 5.74) is 6.93. The summed E-state index contributed by atoms with van der Waals surface area (Å²) in [5.74, 6) is 0.634. The number of anilines is 1. The van der Waals surface area contributed by atoms with Gasteiger partial charge in [0.05, 0.1) is 10.9 Å². The summed E-state index contributed by atoms with van der Waals surface area (Å²) in [5, 5.41) is 3.94. The maximum absolute atomic E-state index is 12.3.